The molecule has 1 aromatic rings. The third-order valence-electron chi connectivity index (χ3n) is 3.99. The summed E-state index contributed by atoms with van der Waals surface area (Å²) in [7, 11) is 3.19. The van der Waals surface area contributed by atoms with E-state index in [2.05, 4.69) is 41.3 Å². The fraction of sp³-hybridized carbons (Fsp3) is 0.588. The predicted octanol–water partition coefficient (Wildman–Crippen LogP) is 2.72. The summed E-state index contributed by atoms with van der Waals surface area (Å²) < 4.78 is 11.5. The summed E-state index contributed by atoms with van der Waals surface area (Å²) in [5.41, 5.74) is 0.681. The van der Waals surface area contributed by atoms with E-state index < -0.39 is 0 Å². The van der Waals surface area contributed by atoms with Gasteiger partial charge in [0.05, 0.1) is 19.8 Å². The molecule has 0 saturated carbocycles. The second kappa shape index (κ2) is 8.19. The van der Waals surface area contributed by atoms with Gasteiger partial charge in [-0.2, -0.15) is 0 Å². The van der Waals surface area contributed by atoms with Crippen molar-refractivity contribution >= 4 is 28.5 Å². The van der Waals surface area contributed by atoms with Crippen molar-refractivity contribution in [2.24, 2.45) is 5.92 Å². The Bertz CT molecular complexity index is 555. The Morgan fingerprint density at radius 2 is 1.70 bits per heavy atom. The maximum atomic E-state index is 12.8. The highest BCUT2D eigenvalue weighted by Crippen LogP contribution is 2.32. The van der Waals surface area contributed by atoms with Gasteiger partial charge in [-0.05, 0) is 40.6 Å². The molecule has 5 nitrogen and oxygen atoms in total. The number of ether oxygens (including phenoxy) is 2. The first-order chi connectivity index (χ1) is 11.0. The van der Waals surface area contributed by atoms with Crippen molar-refractivity contribution in [2.75, 3.05) is 46.9 Å². The van der Waals surface area contributed by atoms with Gasteiger partial charge in [0.2, 0.25) is 0 Å². The Kier molecular flexibility index (Phi) is 6.52. The van der Waals surface area contributed by atoms with Crippen LogP contribution < -0.4 is 9.47 Å². The number of rotatable bonds is 5. The molecule has 1 saturated heterocycles. The van der Waals surface area contributed by atoms with Crippen LogP contribution in [0.4, 0.5) is 0 Å². The Hall–Kier alpha value is -1.02. The van der Waals surface area contributed by atoms with Crippen LogP contribution in [0.3, 0.4) is 0 Å². The molecule has 6 heteroatoms. The zero-order valence-electron chi connectivity index (χ0n) is 14.3. The minimum absolute atomic E-state index is 0.0690. The summed E-state index contributed by atoms with van der Waals surface area (Å²) in [5.74, 6) is 1.97. The van der Waals surface area contributed by atoms with Gasteiger partial charge in [-0.3, -0.25) is 9.69 Å². The van der Waals surface area contributed by atoms with Crippen LogP contribution in [-0.4, -0.2) is 62.7 Å². The van der Waals surface area contributed by atoms with Gasteiger partial charge >= 0.3 is 0 Å². The molecule has 1 aromatic carbocycles. The van der Waals surface area contributed by atoms with Crippen LogP contribution in [0.1, 0.15) is 24.2 Å². The van der Waals surface area contributed by atoms with Crippen molar-refractivity contribution < 1.29 is 14.3 Å². The van der Waals surface area contributed by atoms with E-state index in [4.69, 9.17) is 9.47 Å². The van der Waals surface area contributed by atoms with Crippen molar-refractivity contribution in [1.82, 2.24) is 9.80 Å². The molecule has 1 fully saturated rings. The van der Waals surface area contributed by atoms with E-state index in [0.29, 0.717) is 23.0 Å². The highest BCUT2D eigenvalue weighted by molar-refractivity contribution is 14.1. The van der Waals surface area contributed by atoms with E-state index in [1.165, 1.54) is 0 Å². The lowest BCUT2D eigenvalue weighted by atomic mass is 10.1. The van der Waals surface area contributed by atoms with Crippen LogP contribution in [0.15, 0.2) is 12.1 Å². The number of carbonyl (C=O) groups excluding carboxylic acids is 1. The number of benzene rings is 1. The number of methoxy groups -OCH3 is 2. The van der Waals surface area contributed by atoms with Crippen molar-refractivity contribution in [3.63, 3.8) is 0 Å². The first-order valence-electron chi connectivity index (χ1n) is 7.89. The molecule has 1 heterocycles. The normalized spacial score (nSPS) is 15.8. The monoisotopic (exact) mass is 432 g/mol. The van der Waals surface area contributed by atoms with Crippen LogP contribution in [0.5, 0.6) is 11.5 Å². The average Bonchev–Trinajstić information content (AvgIpc) is 2.54. The number of piperazine rings is 1. The number of halogens is 1. The first-order valence-corrected chi connectivity index (χ1v) is 8.97. The van der Waals surface area contributed by atoms with E-state index in [9.17, 15) is 4.79 Å². The maximum Gasteiger partial charge on any atom is 0.255 e. The van der Waals surface area contributed by atoms with E-state index in [1.807, 2.05) is 11.0 Å². The molecule has 0 aliphatic carbocycles. The number of amides is 1. The largest absolute Gasteiger partial charge is 0.493 e. The standard InChI is InChI=1S/C17H25IN2O3/c1-12(2)11-19-5-7-20(8-6-19)17(21)13-9-15(22-3)16(23-4)10-14(13)18/h9-10,12H,5-8,11H2,1-4H3. The van der Waals surface area contributed by atoms with Gasteiger partial charge < -0.3 is 14.4 Å². The van der Waals surface area contributed by atoms with Gasteiger partial charge in [-0.15, -0.1) is 0 Å². The Labute approximate surface area is 152 Å². The lowest BCUT2D eigenvalue weighted by molar-refractivity contribution is 0.0622. The Morgan fingerprint density at radius 1 is 1.13 bits per heavy atom. The van der Waals surface area contributed by atoms with Crippen LogP contribution in [0.2, 0.25) is 0 Å². The molecule has 0 bridgehead atoms. The molecule has 1 aliphatic rings. The molecule has 0 radical (unpaired) electrons. The minimum atomic E-state index is 0.0690. The van der Waals surface area contributed by atoms with Crippen LogP contribution >= 0.6 is 22.6 Å². The van der Waals surface area contributed by atoms with Crippen molar-refractivity contribution in [3.8, 4) is 11.5 Å². The van der Waals surface area contributed by atoms with Crippen molar-refractivity contribution in [2.45, 2.75) is 13.8 Å². The fourth-order valence-corrected chi connectivity index (χ4v) is 3.51. The molecule has 1 aliphatic heterocycles. The highest BCUT2D eigenvalue weighted by atomic mass is 127. The third kappa shape index (κ3) is 4.50. The fourth-order valence-electron chi connectivity index (χ4n) is 2.84. The van der Waals surface area contributed by atoms with Gasteiger partial charge in [0.15, 0.2) is 11.5 Å². The van der Waals surface area contributed by atoms with Crippen molar-refractivity contribution in [1.29, 1.82) is 0 Å². The topological polar surface area (TPSA) is 42.0 Å². The molecule has 128 valence electrons. The van der Waals surface area contributed by atoms with Gasteiger partial charge in [0, 0.05) is 36.3 Å². The van der Waals surface area contributed by atoms with Gasteiger partial charge in [-0.25, -0.2) is 0 Å². The summed E-state index contributed by atoms with van der Waals surface area (Å²) in [6.07, 6.45) is 0. The van der Waals surface area contributed by atoms with Crippen LogP contribution in [0.25, 0.3) is 0 Å². The molecule has 0 atom stereocenters. The molecule has 1 amide bonds. The van der Waals surface area contributed by atoms with E-state index >= 15 is 0 Å². The Balaban J connectivity index is 2.09. The molecule has 0 N–H and O–H groups in total. The van der Waals surface area contributed by atoms with E-state index in [1.54, 1.807) is 20.3 Å². The van der Waals surface area contributed by atoms with Gasteiger partial charge in [0.1, 0.15) is 0 Å². The molecule has 0 unspecified atom stereocenters. The summed E-state index contributed by atoms with van der Waals surface area (Å²) in [4.78, 5) is 17.2. The minimum Gasteiger partial charge on any atom is -0.493 e. The SMILES string of the molecule is COc1cc(I)c(C(=O)N2CCN(CC(C)C)CC2)cc1OC. The zero-order valence-corrected chi connectivity index (χ0v) is 16.4. The summed E-state index contributed by atoms with van der Waals surface area (Å²) in [5, 5.41) is 0. The van der Waals surface area contributed by atoms with E-state index in [0.717, 1.165) is 36.3 Å². The number of nitrogens with zero attached hydrogens (tertiary/aromatic N) is 2. The van der Waals surface area contributed by atoms with Crippen molar-refractivity contribution in [3.05, 3.63) is 21.3 Å². The Morgan fingerprint density at radius 3 is 2.22 bits per heavy atom. The predicted molar refractivity (Wildman–Crippen MR) is 99.4 cm³/mol. The lowest BCUT2D eigenvalue weighted by Crippen LogP contribution is -2.49. The molecule has 2 rings (SSSR count). The average molecular weight is 432 g/mol. The van der Waals surface area contributed by atoms with Gasteiger partial charge in [0.25, 0.3) is 5.91 Å². The highest BCUT2D eigenvalue weighted by Gasteiger charge is 2.25. The smallest absolute Gasteiger partial charge is 0.255 e. The molecule has 0 aromatic heterocycles. The first kappa shape index (κ1) is 18.3. The quantitative estimate of drug-likeness (QED) is 0.672. The zero-order chi connectivity index (χ0) is 17.0. The van der Waals surface area contributed by atoms with Crippen LogP contribution in [-0.2, 0) is 0 Å². The summed E-state index contributed by atoms with van der Waals surface area (Å²) in [6, 6.07) is 3.63. The second-order valence-electron chi connectivity index (χ2n) is 6.17. The van der Waals surface area contributed by atoms with E-state index in [-0.39, 0.29) is 5.91 Å². The number of hydrogen-bond acceptors (Lipinski definition) is 4. The molecule has 23 heavy (non-hydrogen) atoms. The number of carbonyl (C=O) groups is 1. The molecular formula is C17H25IN2O3. The summed E-state index contributed by atoms with van der Waals surface area (Å²) in [6.45, 7) is 8.97. The second-order valence-corrected chi connectivity index (χ2v) is 7.34. The number of hydrogen-bond donors (Lipinski definition) is 0. The van der Waals surface area contributed by atoms with Gasteiger partial charge in [-0.1, -0.05) is 13.8 Å². The maximum absolute atomic E-state index is 12.8. The summed E-state index contributed by atoms with van der Waals surface area (Å²) >= 11 is 2.18. The third-order valence-corrected chi connectivity index (χ3v) is 4.88. The lowest BCUT2D eigenvalue weighted by Gasteiger charge is -2.35. The van der Waals surface area contributed by atoms with Crippen LogP contribution in [0, 0.1) is 9.49 Å². The molecular weight excluding hydrogens is 407 g/mol. The molecule has 0 spiro atoms.